The number of fused-ring (bicyclic) bond motifs is 1. The Bertz CT molecular complexity index is 931. The van der Waals surface area contributed by atoms with Gasteiger partial charge >= 0.3 is 0 Å². The van der Waals surface area contributed by atoms with E-state index >= 15 is 0 Å². The van der Waals surface area contributed by atoms with Gasteiger partial charge in [0.1, 0.15) is 18.4 Å². The van der Waals surface area contributed by atoms with E-state index in [4.69, 9.17) is 18.9 Å². The summed E-state index contributed by atoms with van der Waals surface area (Å²) in [7, 11) is -1.13. The summed E-state index contributed by atoms with van der Waals surface area (Å²) in [6.07, 6.45) is 6.97. The highest BCUT2D eigenvalue weighted by Gasteiger charge is 2.20. The smallest absolute Gasteiger partial charge is 0.251 e. The average molecular weight is 417 g/mol. The lowest BCUT2D eigenvalue weighted by Gasteiger charge is -2.23. The Morgan fingerprint density at radius 3 is 2.83 bits per heavy atom. The predicted octanol–water partition coefficient (Wildman–Crippen LogP) is 2.92. The highest BCUT2D eigenvalue weighted by atomic mass is 28.3. The number of hydrogen-bond donors (Lipinski definition) is 1. The van der Waals surface area contributed by atoms with Crippen LogP contribution in [0.2, 0.25) is 25.7 Å². The van der Waals surface area contributed by atoms with Crippen molar-refractivity contribution in [2.75, 3.05) is 19.7 Å². The van der Waals surface area contributed by atoms with Crippen molar-refractivity contribution in [1.82, 2.24) is 30.0 Å². The largest absolute Gasteiger partial charge is 0.473 e. The molecule has 0 unspecified atom stereocenters. The number of nitrogens with zero attached hydrogens (tertiary/aromatic N) is 5. The van der Waals surface area contributed by atoms with Gasteiger partial charge in [0.25, 0.3) is 5.89 Å². The molecule has 1 fully saturated rings. The van der Waals surface area contributed by atoms with Gasteiger partial charge in [-0.3, -0.25) is 0 Å². The van der Waals surface area contributed by atoms with Crippen molar-refractivity contribution in [3.05, 3.63) is 18.8 Å². The molecule has 9 nitrogen and oxygen atoms in total. The number of piperidine rings is 1. The molecule has 156 valence electrons. The molecule has 4 rings (SSSR count). The average Bonchev–Trinajstić information content (AvgIpc) is 3.33. The van der Waals surface area contributed by atoms with E-state index in [2.05, 4.69) is 40.1 Å². The molecule has 3 aromatic rings. The van der Waals surface area contributed by atoms with E-state index in [1.165, 1.54) is 6.39 Å². The van der Waals surface area contributed by atoms with Gasteiger partial charge in [-0.15, -0.1) is 10.2 Å². The number of hydrogen-bond acceptors (Lipinski definition) is 8. The zero-order valence-electron chi connectivity index (χ0n) is 17.2. The van der Waals surface area contributed by atoms with Crippen LogP contribution in [0, 0.1) is 0 Å². The first-order valence-electron chi connectivity index (χ1n) is 10.1. The van der Waals surface area contributed by atoms with E-state index in [-0.39, 0.29) is 6.10 Å². The van der Waals surface area contributed by atoms with Gasteiger partial charge in [0.15, 0.2) is 5.65 Å². The van der Waals surface area contributed by atoms with Gasteiger partial charge in [-0.05, 0) is 32.0 Å². The zero-order chi connectivity index (χ0) is 20.3. The molecule has 1 saturated heterocycles. The molecule has 0 radical (unpaired) electrons. The summed E-state index contributed by atoms with van der Waals surface area (Å²) in [5.74, 6) is 0.923. The number of rotatable bonds is 8. The molecular weight excluding hydrogens is 388 g/mol. The summed E-state index contributed by atoms with van der Waals surface area (Å²) < 4.78 is 19.3. The van der Waals surface area contributed by atoms with E-state index in [0.29, 0.717) is 29.7 Å². The van der Waals surface area contributed by atoms with E-state index in [1.54, 1.807) is 6.20 Å². The van der Waals surface area contributed by atoms with Gasteiger partial charge in [-0.2, -0.15) is 0 Å². The highest BCUT2D eigenvalue weighted by molar-refractivity contribution is 6.76. The second-order valence-corrected chi connectivity index (χ2v) is 14.2. The molecule has 4 heterocycles. The van der Waals surface area contributed by atoms with Crippen molar-refractivity contribution in [2.24, 2.45) is 0 Å². The van der Waals surface area contributed by atoms with Crippen molar-refractivity contribution in [3.63, 3.8) is 0 Å². The predicted molar refractivity (Wildman–Crippen MR) is 111 cm³/mol. The molecule has 0 amide bonds. The number of aromatic nitrogens is 5. The molecular formula is C19H28N6O3Si. The maximum absolute atomic E-state index is 6.06. The lowest BCUT2D eigenvalue weighted by molar-refractivity contribution is 0.0898. The molecule has 0 saturated carbocycles. The normalized spacial score (nSPS) is 15.8. The summed E-state index contributed by atoms with van der Waals surface area (Å²) in [6, 6.07) is 1.11. The third-order valence-corrected chi connectivity index (χ3v) is 6.64. The summed E-state index contributed by atoms with van der Waals surface area (Å²) in [6.45, 7) is 10.1. The summed E-state index contributed by atoms with van der Waals surface area (Å²) in [5, 5.41) is 11.2. The monoisotopic (exact) mass is 416 g/mol. The molecule has 1 aliphatic heterocycles. The molecule has 0 atom stereocenters. The van der Waals surface area contributed by atoms with E-state index in [0.717, 1.165) is 44.1 Å². The first kappa shape index (κ1) is 20.0. The van der Waals surface area contributed by atoms with E-state index in [1.807, 2.05) is 10.8 Å². The SMILES string of the molecule is C[Si](C)(C)CCOCn1cc(-c2nnco2)c2nc(OC3CCNCC3)cnc21. The minimum Gasteiger partial charge on any atom is -0.473 e. The second kappa shape index (κ2) is 8.60. The van der Waals surface area contributed by atoms with Crippen LogP contribution in [0.3, 0.4) is 0 Å². The minimum absolute atomic E-state index is 0.154. The highest BCUT2D eigenvalue weighted by Crippen LogP contribution is 2.29. The van der Waals surface area contributed by atoms with Gasteiger partial charge in [0.2, 0.25) is 12.3 Å². The quantitative estimate of drug-likeness (QED) is 0.442. The molecule has 10 heteroatoms. The van der Waals surface area contributed by atoms with Crippen molar-refractivity contribution >= 4 is 19.2 Å². The molecule has 1 N–H and O–H groups in total. The van der Waals surface area contributed by atoms with Crippen molar-refractivity contribution in [2.45, 2.75) is 51.4 Å². The van der Waals surface area contributed by atoms with Crippen LogP contribution in [0.5, 0.6) is 5.88 Å². The van der Waals surface area contributed by atoms with Gasteiger partial charge in [0, 0.05) is 20.9 Å². The van der Waals surface area contributed by atoms with Crippen molar-refractivity contribution < 1.29 is 13.9 Å². The van der Waals surface area contributed by atoms with Crippen LogP contribution in [0.4, 0.5) is 0 Å². The lowest BCUT2D eigenvalue weighted by atomic mass is 10.1. The fraction of sp³-hybridized carbons (Fsp3) is 0.579. The Hall–Kier alpha value is -2.30. The minimum atomic E-state index is -1.13. The van der Waals surface area contributed by atoms with Crippen molar-refractivity contribution in [1.29, 1.82) is 0 Å². The third-order valence-electron chi connectivity index (χ3n) is 4.93. The summed E-state index contributed by atoms with van der Waals surface area (Å²) in [4.78, 5) is 9.31. The van der Waals surface area contributed by atoms with Crippen LogP contribution >= 0.6 is 0 Å². The van der Waals surface area contributed by atoms with Crippen LogP contribution in [0.25, 0.3) is 22.6 Å². The second-order valence-electron chi connectivity index (χ2n) is 8.55. The number of nitrogens with one attached hydrogen (secondary N) is 1. The number of ether oxygens (including phenoxy) is 2. The Balaban J connectivity index is 1.57. The van der Waals surface area contributed by atoms with Crippen LogP contribution < -0.4 is 10.1 Å². The van der Waals surface area contributed by atoms with Gasteiger partial charge in [-0.1, -0.05) is 19.6 Å². The van der Waals surface area contributed by atoms with Gasteiger partial charge < -0.3 is 23.8 Å². The lowest BCUT2D eigenvalue weighted by Crippen LogP contribution is -2.34. The molecule has 29 heavy (non-hydrogen) atoms. The topological polar surface area (TPSA) is 100 Å². The molecule has 0 bridgehead atoms. The molecule has 1 aliphatic rings. The fourth-order valence-corrected chi connectivity index (χ4v) is 4.02. The standard InChI is InChI=1S/C19H28N6O3Si/c1-29(2,3)9-8-26-13-25-11-15(19-24-22-12-27-19)17-18(25)21-10-16(23-17)28-14-4-6-20-7-5-14/h10-12,14,20H,4-9,13H2,1-3H3. The van der Waals surface area contributed by atoms with E-state index in [9.17, 15) is 0 Å². The Morgan fingerprint density at radius 1 is 1.28 bits per heavy atom. The first-order chi connectivity index (χ1) is 14.0. The maximum Gasteiger partial charge on any atom is 0.251 e. The van der Waals surface area contributed by atoms with E-state index < -0.39 is 8.07 Å². The third kappa shape index (κ3) is 5.00. The Kier molecular flexibility index (Phi) is 5.93. The Morgan fingerprint density at radius 2 is 2.10 bits per heavy atom. The molecule has 0 spiro atoms. The Labute approximate surface area is 170 Å². The van der Waals surface area contributed by atoms with Crippen LogP contribution in [-0.2, 0) is 11.5 Å². The van der Waals surface area contributed by atoms with Crippen LogP contribution in [-0.4, -0.2) is 58.6 Å². The van der Waals surface area contributed by atoms with Crippen LogP contribution in [0.15, 0.2) is 23.2 Å². The molecule has 0 aromatic carbocycles. The molecule has 0 aliphatic carbocycles. The zero-order valence-corrected chi connectivity index (χ0v) is 18.2. The summed E-state index contributed by atoms with van der Waals surface area (Å²) >= 11 is 0. The summed E-state index contributed by atoms with van der Waals surface area (Å²) in [5.41, 5.74) is 2.12. The first-order valence-corrected chi connectivity index (χ1v) is 13.8. The van der Waals surface area contributed by atoms with Gasteiger partial charge in [0.05, 0.1) is 11.8 Å². The fourth-order valence-electron chi connectivity index (χ4n) is 3.26. The van der Waals surface area contributed by atoms with Gasteiger partial charge in [-0.25, -0.2) is 9.97 Å². The van der Waals surface area contributed by atoms with Crippen molar-refractivity contribution in [3.8, 4) is 17.3 Å². The molecule has 3 aromatic heterocycles. The van der Waals surface area contributed by atoms with Crippen LogP contribution in [0.1, 0.15) is 12.8 Å². The maximum atomic E-state index is 6.06.